The lowest BCUT2D eigenvalue weighted by Gasteiger charge is -2.51. The molecule has 1 aromatic rings. The Hall–Kier alpha value is -1.04. The summed E-state index contributed by atoms with van der Waals surface area (Å²) in [4.78, 5) is 2.28. The average Bonchev–Trinajstić information content (AvgIpc) is 3.08. The van der Waals surface area contributed by atoms with Gasteiger partial charge in [0.1, 0.15) is 5.75 Å². The van der Waals surface area contributed by atoms with Crippen LogP contribution in [0.5, 0.6) is 11.5 Å². The maximum atomic E-state index is 6.75. The van der Waals surface area contributed by atoms with Crippen LogP contribution in [0.4, 0.5) is 0 Å². The summed E-state index contributed by atoms with van der Waals surface area (Å²) < 4.78 is 12.7. The molecule has 3 unspecified atom stereocenters. The van der Waals surface area contributed by atoms with Crippen LogP contribution >= 0.6 is 0 Å². The number of ether oxygens (including phenoxy) is 1. The molecule has 0 spiro atoms. The molecule has 4 rings (SSSR count). The summed E-state index contributed by atoms with van der Waals surface area (Å²) in [7, 11) is 4.23. The van der Waals surface area contributed by atoms with Crippen LogP contribution in [0.3, 0.4) is 0 Å². The zero-order valence-electron chi connectivity index (χ0n) is 23.4. The molecule has 0 saturated heterocycles. The Morgan fingerprint density at radius 3 is 2.47 bits per heavy atom. The second kappa shape index (κ2) is 9.44. The van der Waals surface area contributed by atoms with Gasteiger partial charge in [0.05, 0.1) is 7.11 Å². The van der Waals surface area contributed by atoms with E-state index in [0.29, 0.717) is 17.4 Å². The van der Waals surface area contributed by atoms with Gasteiger partial charge in [-0.25, -0.2) is 0 Å². The quantitative estimate of drug-likeness (QED) is 0.449. The van der Waals surface area contributed by atoms with Gasteiger partial charge in [-0.15, -0.1) is 0 Å². The first-order valence-corrected chi connectivity index (χ1v) is 16.6. The summed E-state index contributed by atoms with van der Waals surface area (Å²) in [5.74, 6) is 4.23. The van der Waals surface area contributed by atoms with Crippen molar-refractivity contribution in [3.8, 4) is 11.5 Å². The molecule has 0 bridgehead atoms. The fraction of sp³-hybridized carbons (Fsp3) is 0.793. The van der Waals surface area contributed by atoms with Crippen LogP contribution in [-0.4, -0.2) is 53.6 Å². The third-order valence-electron chi connectivity index (χ3n) is 10.1. The first-order chi connectivity index (χ1) is 15.9. The van der Waals surface area contributed by atoms with Crippen molar-refractivity contribution in [2.24, 2.45) is 17.3 Å². The van der Waals surface area contributed by atoms with Crippen molar-refractivity contribution < 1.29 is 9.16 Å². The fourth-order valence-electron chi connectivity index (χ4n) is 7.04. The molecule has 3 aliphatic rings. The number of likely N-dealkylation sites (N-methyl/N-ethyl adjacent to an activating group) is 1. The van der Waals surface area contributed by atoms with Crippen molar-refractivity contribution in [1.29, 1.82) is 0 Å². The standard InChI is InChI=1S/C29H50N2O2Si/c1-28(2,3)34(8,9)33-26-18-20-10-11-22-21(23(20)19-25(26)32-7)14-15-29(4)24(22)12-13-27(29)30-16-17-31(5)6/h18-19,21-22,24,27,30H,10-17H2,1-9H3/t21?,22?,24?,27-,29-/m0/s1. The van der Waals surface area contributed by atoms with Gasteiger partial charge in [0.2, 0.25) is 0 Å². The number of rotatable bonds is 7. The van der Waals surface area contributed by atoms with Gasteiger partial charge in [-0.1, -0.05) is 27.7 Å². The van der Waals surface area contributed by atoms with E-state index in [1.807, 2.05) is 0 Å². The van der Waals surface area contributed by atoms with Gasteiger partial charge in [-0.2, -0.15) is 0 Å². The zero-order chi connectivity index (χ0) is 24.9. The first-order valence-electron chi connectivity index (χ1n) is 13.7. The average molecular weight is 487 g/mol. The highest BCUT2D eigenvalue weighted by Gasteiger charge is 2.54. The molecule has 4 nitrogen and oxygen atoms in total. The molecule has 192 valence electrons. The van der Waals surface area contributed by atoms with Crippen molar-refractivity contribution >= 4 is 8.32 Å². The van der Waals surface area contributed by atoms with Crippen LogP contribution < -0.4 is 14.5 Å². The Labute approximate surface area is 210 Å². The van der Waals surface area contributed by atoms with Crippen LogP contribution in [0.15, 0.2) is 12.1 Å². The molecule has 0 amide bonds. The number of hydrogen-bond acceptors (Lipinski definition) is 4. The summed E-state index contributed by atoms with van der Waals surface area (Å²) in [6.45, 7) is 16.4. The highest BCUT2D eigenvalue weighted by atomic mass is 28.4. The molecule has 2 fully saturated rings. The number of aryl methyl sites for hydroxylation is 1. The number of methoxy groups -OCH3 is 1. The van der Waals surface area contributed by atoms with E-state index in [9.17, 15) is 0 Å². The monoisotopic (exact) mass is 486 g/mol. The van der Waals surface area contributed by atoms with Crippen molar-refractivity contribution in [3.05, 3.63) is 23.3 Å². The third-order valence-corrected chi connectivity index (χ3v) is 14.5. The fourth-order valence-corrected chi connectivity index (χ4v) is 8.06. The molecule has 0 radical (unpaired) electrons. The Morgan fingerprint density at radius 2 is 1.82 bits per heavy atom. The van der Waals surface area contributed by atoms with E-state index in [0.717, 1.165) is 36.4 Å². The maximum absolute atomic E-state index is 6.75. The number of hydrogen-bond donors (Lipinski definition) is 1. The SMILES string of the molecule is COc1cc2c(cc1O[Si](C)(C)C(C)(C)C)CCC1C2CC[C@@]2(C)C1CC[C@@H]2NCCN(C)C. The largest absolute Gasteiger partial charge is 0.541 e. The van der Waals surface area contributed by atoms with Crippen molar-refractivity contribution in [2.45, 2.75) is 96.3 Å². The van der Waals surface area contributed by atoms with Crippen LogP contribution in [0.2, 0.25) is 18.1 Å². The van der Waals surface area contributed by atoms with Gasteiger partial charge in [-0.3, -0.25) is 0 Å². The molecule has 0 aromatic heterocycles. The first kappa shape index (κ1) is 26.0. The summed E-state index contributed by atoms with van der Waals surface area (Å²) in [6, 6.07) is 5.38. The van der Waals surface area contributed by atoms with E-state index in [1.165, 1.54) is 44.1 Å². The van der Waals surface area contributed by atoms with E-state index < -0.39 is 8.32 Å². The van der Waals surface area contributed by atoms with Crippen LogP contribution in [0, 0.1) is 17.3 Å². The van der Waals surface area contributed by atoms with Gasteiger partial charge in [0.25, 0.3) is 8.32 Å². The summed E-state index contributed by atoms with van der Waals surface area (Å²) in [5, 5.41) is 4.13. The minimum atomic E-state index is -1.92. The molecule has 0 heterocycles. The smallest absolute Gasteiger partial charge is 0.250 e. The molecule has 34 heavy (non-hydrogen) atoms. The molecule has 3 aliphatic carbocycles. The highest BCUT2D eigenvalue weighted by Crippen LogP contribution is 2.61. The third kappa shape index (κ3) is 4.69. The van der Waals surface area contributed by atoms with E-state index in [4.69, 9.17) is 9.16 Å². The number of fused-ring (bicyclic) bond motifs is 5. The van der Waals surface area contributed by atoms with Crippen molar-refractivity contribution in [3.63, 3.8) is 0 Å². The Bertz CT molecular complexity index is 878. The van der Waals surface area contributed by atoms with Crippen LogP contribution in [0.25, 0.3) is 0 Å². The van der Waals surface area contributed by atoms with Gasteiger partial charge in [-0.05, 0) is 117 Å². The minimum absolute atomic E-state index is 0.173. The van der Waals surface area contributed by atoms with Gasteiger partial charge < -0.3 is 19.4 Å². The van der Waals surface area contributed by atoms with E-state index in [2.05, 4.69) is 77.2 Å². The van der Waals surface area contributed by atoms with Gasteiger partial charge in [0.15, 0.2) is 5.75 Å². The van der Waals surface area contributed by atoms with E-state index in [-0.39, 0.29) is 5.04 Å². The lowest BCUT2D eigenvalue weighted by molar-refractivity contribution is 0.0409. The van der Waals surface area contributed by atoms with Crippen LogP contribution in [-0.2, 0) is 6.42 Å². The molecular formula is C29H50N2O2Si. The predicted molar refractivity (Wildman–Crippen MR) is 146 cm³/mol. The molecule has 5 heteroatoms. The van der Waals surface area contributed by atoms with E-state index >= 15 is 0 Å². The Balaban J connectivity index is 1.55. The lowest BCUT2D eigenvalue weighted by Crippen LogP contribution is -2.49. The summed E-state index contributed by atoms with van der Waals surface area (Å²) in [6.07, 6.45) is 7.88. The molecule has 5 atom stereocenters. The molecule has 1 aromatic carbocycles. The molecule has 2 saturated carbocycles. The summed E-state index contributed by atoms with van der Waals surface area (Å²) >= 11 is 0. The van der Waals surface area contributed by atoms with Crippen molar-refractivity contribution in [1.82, 2.24) is 10.2 Å². The van der Waals surface area contributed by atoms with Gasteiger partial charge in [0, 0.05) is 19.1 Å². The number of benzene rings is 1. The Kier molecular flexibility index (Phi) is 7.23. The van der Waals surface area contributed by atoms with Crippen LogP contribution in [0.1, 0.15) is 76.8 Å². The topological polar surface area (TPSA) is 33.7 Å². The maximum Gasteiger partial charge on any atom is 0.250 e. The summed E-state index contributed by atoms with van der Waals surface area (Å²) in [5.41, 5.74) is 3.51. The Morgan fingerprint density at radius 1 is 1.09 bits per heavy atom. The molecule has 0 aliphatic heterocycles. The number of nitrogens with zero attached hydrogens (tertiary/aromatic N) is 1. The molecular weight excluding hydrogens is 436 g/mol. The second-order valence-electron chi connectivity index (χ2n) is 13.4. The number of nitrogens with one attached hydrogen (secondary N) is 1. The van der Waals surface area contributed by atoms with Crippen molar-refractivity contribution in [2.75, 3.05) is 34.3 Å². The highest BCUT2D eigenvalue weighted by molar-refractivity contribution is 6.74. The van der Waals surface area contributed by atoms with E-state index in [1.54, 1.807) is 12.7 Å². The lowest BCUT2D eigenvalue weighted by atomic mass is 9.55. The normalized spacial score (nSPS) is 31.1. The molecule has 1 N–H and O–H groups in total. The minimum Gasteiger partial charge on any atom is -0.541 e. The predicted octanol–water partition coefficient (Wildman–Crippen LogP) is 6.46. The van der Waals surface area contributed by atoms with Gasteiger partial charge >= 0.3 is 0 Å². The second-order valence-corrected chi connectivity index (χ2v) is 18.1. The zero-order valence-corrected chi connectivity index (χ0v) is 24.4.